The molecule has 0 radical (unpaired) electrons. The third-order valence-corrected chi connectivity index (χ3v) is 3.82. The van der Waals surface area contributed by atoms with Crippen LogP contribution in [0.25, 0.3) is 5.65 Å². The first-order chi connectivity index (χ1) is 12.7. The van der Waals surface area contributed by atoms with E-state index >= 15 is 0 Å². The van der Waals surface area contributed by atoms with Gasteiger partial charge >= 0.3 is 0 Å². The molecule has 0 saturated carbocycles. The molecule has 136 valence electrons. The van der Waals surface area contributed by atoms with Crippen molar-refractivity contribution in [2.24, 2.45) is 0 Å². The van der Waals surface area contributed by atoms with Gasteiger partial charge in [-0.1, -0.05) is 6.07 Å². The number of carbonyl (C=O) groups is 1. The van der Waals surface area contributed by atoms with Gasteiger partial charge < -0.3 is 14.8 Å². The number of carbonyl (C=O) groups excluding carboxylic acids is 1. The SMILES string of the molecule is CCOc1ccc(C(=O)NCCc2nnc3ccccn23)cc1OCC. The summed E-state index contributed by atoms with van der Waals surface area (Å²) >= 11 is 0. The second-order valence-electron chi connectivity index (χ2n) is 5.58. The summed E-state index contributed by atoms with van der Waals surface area (Å²) in [4.78, 5) is 12.4. The Kier molecular flexibility index (Phi) is 5.68. The van der Waals surface area contributed by atoms with E-state index in [0.717, 1.165) is 11.5 Å². The van der Waals surface area contributed by atoms with Crippen LogP contribution < -0.4 is 14.8 Å². The van der Waals surface area contributed by atoms with Crippen molar-refractivity contribution in [1.82, 2.24) is 19.9 Å². The van der Waals surface area contributed by atoms with Gasteiger partial charge in [-0.15, -0.1) is 10.2 Å². The lowest BCUT2D eigenvalue weighted by atomic mass is 10.2. The number of hydrogen-bond donors (Lipinski definition) is 1. The van der Waals surface area contributed by atoms with Crippen molar-refractivity contribution < 1.29 is 14.3 Å². The van der Waals surface area contributed by atoms with Crippen LogP contribution in [0.2, 0.25) is 0 Å². The standard InChI is InChI=1S/C19H22N4O3/c1-3-25-15-9-8-14(13-16(15)26-4-2)19(24)20-11-10-18-22-21-17-7-5-6-12-23(17)18/h5-9,12-13H,3-4,10-11H2,1-2H3,(H,20,24). The first kappa shape index (κ1) is 17.7. The molecule has 0 fully saturated rings. The fourth-order valence-corrected chi connectivity index (χ4v) is 2.64. The Labute approximate surface area is 152 Å². The van der Waals surface area contributed by atoms with Gasteiger partial charge in [0.1, 0.15) is 5.82 Å². The second-order valence-corrected chi connectivity index (χ2v) is 5.58. The van der Waals surface area contributed by atoms with Gasteiger partial charge in [-0.25, -0.2) is 0 Å². The summed E-state index contributed by atoms with van der Waals surface area (Å²) in [6.45, 7) is 5.31. The molecule has 3 aromatic rings. The molecule has 0 unspecified atom stereocenters. The van der Waals surface area contributed by atoms with E-state index in [0.29, 0.717) is 43.2 Å². The molecule has 0 saturated heterocycles. The van der Waals surface area contributed by atoms with E-state index in [-0.39, 0.29) is 5.91 Å². The molecule has 7 heteroatoms. The van der Waals surface area contributed by atoms with Crippen LogP contribution in [0.1, 0.15) is 30.0 Å². The number of amides is 1. The summed E-state index contributed by atoms with van der Waals surface area (Å²) < 4.78 is 13.0. The van der Waals surface area contributed by atoms with Crippen LogP contribution in [0.4, 0.5) is 0 Å². The Morgan fingerprint density at radius 2 is 1.88 bits per heavy atom. The Bertz CT molecular complexity index is 891. The zero-order valence-electron chi connectivity index (χ0n) is 14.9. The second kappa shape index (κ2) is 8.33. The topological polar surface area (TPSA) is 77.8 Å². The Morgan fingerprint density at radius 3 is 2.69 bits per heavy atom. The van der Waals surface area contributed by atoms with Crippen LogP contribution in [0.3, 0.4) is 0 Å². The maximum absolute atomic E-state index is 12.4. The summed E-state index contributed by atoms with van der Waals surface area (Å²) in [7, 11) is 0. The molecule has 7 nitrogen and oxygen atoms in total. The molecule has 0 bridgehead atoms. The molecule has 0 aliphatic rings. The molecule has 2 aromatic heterocycles. The molecule has 2 heterocycles. The van der Waals surface area contributed by atoms with Crippen LogP contribution in [-0.4, -0.2) is 40.3 Å². The molecule has 0 spiro atoms. The molecule has 1 amide bonds. The lowest BCUT2D eigenvalue weighted by Gasteiger charge is -2.12. The Morgan fingerprint density at radius 1 is 1.08 bits per heavy atom. The van der Waals surface area contributed by atoms with Gasteiger partial charge in [0.05, 0.1) is 13.2 Å². The summed E-state index contributed by atoms with van der Waals surface area (Å²) in [5.74, 6) is 1.86. The number of nitrogens with one attached hydrogen (secondary N) is 1. The van der Waals surface area contributed by atoms with Gasteiger partial charge in [0, 0.05) is 24.7 Å². The number of nitrogens with zero attached hydrogens (tertiary/aromatic N) is 3. The van der Waals surface area contributed by atoms with E-state index in [2.05, 4.69) is 15.5 Å². The largest absolute Gasteiger partial charge is 0.490 e. The number of fused-ring (bicyclic) bond motifs is 1. The average molecular weight is 354 g/mol. The highest BCUT2D eigenvalue weighted by Gasteiger charge is 2.12. The van der Waals surface area contributed by atoms with E-state index in [4.69, 9.17) is 9.47 Å². The van der Waals surface area contributed by atoms with Crippen LogP contribution in [-0.2, 0) is 6.42 Å². The third kappa shape index (κ3) is 3.93. The average Bonchev–Trinajstić information content (AvgIpc) is 3.07. The highest BCUT2D eigenvalue weighted by atomic mass is 16.5. The highest BCUT2D eigenvalue weighted by molar-refractivity contribution is 5.94. The molecular formula is C19H22N4O3. The maximum Gasteiger partial charge on any atom is 0.251 e. The van der Waals surface area contributed by atoms with E-state index in [1.165, 1.54) is 0 Å². The van der Waals surface area contributed by atoms with Crippen molar-refractivity contribution in [3.63, 3.8) is 0 Å². The number of rotatable bonds is 8. The fraction of sp³-hybridized carbons (Fsp3) is 0.316. The van der Waals surface area contributed by atoms with Gasteiger partial charge in [0.2, 0.25) is 0 Å². The van der Waals surface area contributed by atoms with Crippen molar-refractivity contribution in [2.75, 3.05) is 19.8 Å². The third-order valence-electron chi connectivity index (χ3n) is 3.82. The zero-order chi connectivity index (χ0) is 18.4. The van der Waals surface area contributed by atoms with Crippen LogP contribution in [0.15, 0.2) is 42.6 Å². The fourth-order valence-electron chi connectivity index (χ4n) is 2.64. The predicted octanol–water partition coefficient (Wildman–Crippen LogP) is 2.50. The Hall–Kier alpha value is -3.09. The van der Waals surface area contributed by atoms with E-state index in [1.54, 1.807) is 18.2 Å². The smallest absolute Gasteiger partial charge is 0.251 e. The normalized spacial score (nSPS) is 10.7. The van der Waals surface area contributed by atoms with Crippen molar-refractivity contribution in [3.05, 3.63) is 54.0 Å². The zero-order valence-corrected chi connectivity index (χ0v) is 14.9. The summed E-state index contributed by atoms with van der Waals surface area (Å²) in [5.41, 5.74) is 1.32. The van der Waals surface area contributed by atoms with Gasteiger partial charge in [0.25, 0.3) is 5.91 Å². The molecule has 26 heavy (non-hydrogen) atoms. The van der Waals surface area contributed by atoms with Gasteiger partial charge in [-0.2, -0.15) is 0 Å². The summed E-state index contributed by atoms with van der Waals surface area (Å²) in [5, 5.41) is 11.2. The maximum atomic E-state index is 12.4. The lowest BCUT2D eigenvalue weighted by Crippen LogP contribution is -2.26. The van der Waals surface area contributed by atoms with Crippen molar-refractivity contribution in [1.29, 1.82) is 0 Å². The highest BCUT2D eigenvalue weighted by Crippen LogP contribution is 2.28. The molecule has 1 N–H and O–H groups in total. The minimum Gasteiger partial charge on any atom is -0.490 e. The van der Waals surface area contributed by atoms with Gasteiger partial charge in [-0.05, 0) is 44.2 Å². The lowest BCUT2D eigenvalue weighted by molar-refractivity contribution is 0.0953. The monoisotopic (exact) mass is 354 g/mol. The van der Waals surface area contributed by atoms with Crippen molar-refractivity contribution in [2.45, 2.75) is 20.3 Å². The molecule has 3 rings (SSSR count). The van der Waals surface area contributed by atoms with Gasteiger partial charge in [0.15, 0.2) is 17.1 Å². The number of aromatic nitrogens is 3. The van der Waals surface area contributed by atoms with E-state index < -0.39 is 0 Å². The van der Waals surface area contributed by atoms with Crippen LogP contribution in [0.5, 0.6) is 11.5 Å². The van der Waals surface area contributed by atoms with E-state index in [9.17, 15) is 4.79 Å². The van der Waals surface area contributed by atoms with Crippen molar-refractivity contribution >= 4 is 11.6 Å². The molecule has 0 aliphatic carbocycles. The molecule has 0 aliphatic heterocycles. The minimum absolute atomic E-state index is 0.164. The molecule has 0 atom stereocenters. The van der Waals surface area contributed by atoms with Crippen LogP contribution >= 0.6 is 0 Å². The Balaban J connectivity index is 1.63. The number of hydrogen-bond acceptors (Lipinski definition) is 5. The predicted molar refractivity (Wildman–Crippen MR) is 97.8 cm³/mol. The van der Waals surface area contributed by atoms with Gasteiger partial charge in [-0.3, -0.25) is 9.20 Å². The molecular weight excluding hydrogens is 332 g/mol. The quantitative estimate of drug-likeness (QED) is 0.672. The first-order valence-corrected chi connectivity index (χ1v) is 8.69. The molecule has 1 aromatic carbocycles. The number of pyridine rings is 1. The first-order valence-electron chi connectivity index (χ1n) is 8.69. The van der Waals surface area contributed by atoms with Crippen molar-refractivity contribution in [3.8, 4) is 11.5 Å². The minimum atomic E-state index is -0.164. The van der Waals surface area contributed by atoms with Crippen LogP contribution in [0, 0.1) is 0 Å². The van der Waals surface area contributed by atoms with E-state index in [1.807, 2.05) is 42.6 Å². The summed E-state index contributed by atoms with van der Waals surface area (Å²) in [6.07, 6.45) is 2.50. The summed E-state index contributed by atoms with van der Waals surface area (Å²) in [6, 6.07) is 10.9. The number of ether oxygens (including phenoxy) is 2. The number of benzene rings is 1.